The first-order valence-electron chi connectivity index (χ1n) is 9.65. The monoisotopic (exact) mass is 360 g/mol. The molecule has 0 saturated carbocycles. The van der Waals surface area contributed by atoms with E-state index in [2.05, 4.69) is 51.6 Å². The Morgan fingerprint density at radius 1 is 0.960 bits per heavy atom. The Hall–Kier alpha value is -1.22. The summed E-state index contributed by atoms with van der Waals surface area (Å²) >= 11 is 2.07. The van der Waals surface area contributed by atoms with Crippen molar-refractivity contribution in [3.8, 4) is 0 Å². The van der Waals surface area contributed by atoms with Gasteiger partial charge in [-0.1, -0.05) is 53.0 Å². The van der Waals surface area contributed by atoms with E-state index in [9.17, 15) is 4.79 Å². The van der Waals surface area contributed by atoms with E-state index < -0.39 is 0 Å². The predicted octanol–water partition coefficient (Wildman–Crippen LogP) is 6.55. The average Bonchev–Trinajstić information content (AvgIpc) is 2.56. The molecule has 0 radical (unpaired) electrons. The lowest BCUT2D eigenvalue weighted by Gasteiger charge is -2.12. The minimum atomic E-state index is -0.266. The minimum Gasteiger partial charge on any atom is -0.422 e. The Labute approximate surface area is 156 Å². The normalized spacial score (nSPS) is 11.8. The van der Waals surface area contributed by atoms with Gasteiger partial charge in [0, 0.05) is 11.5 Å². The first-order valence-corrected chi connectivity index (χ1v) is 10.7. The number of hydrogen-bond donors (Lipinski definition) is 0. The molecule has 1 aromatic heterocycles. The van der Waals surface area contributed by atoms with Gasteiger partial charge in [0.1, 0.15) is 5.58 Å². The van der Waals surface area contributed by atoms with Gasteiger partial charge in [0.15, 0.2) is 0 Å². The molecule has 0 unspecified atom stereocenters. The van der Waals surface area contributed by atoms with Crippen LogP contribution in [0, 0.1) is 0 Å². The highest BCUT2D eigenvalue weighted by Gasteiger charge is 2.10. The van der Waals surface area contributed by atoms with Crippen molar-refractivity contribution in [2.45, 2.75) is 77.4 Å². The van der Waals surface area contributed by atoms with Gasteiger partial charge in [0.25, 0.3) is 0 Å². The molecule has 1 aromatic carbocycles. The van der Waals surface area contributed by atoms with Crippen LogP contribution in [0.4, 0.5) is 0 Å². The zero-order valence-corrected chi connectivity index (χ0v) is 17.0. The van der Waals surface area contributed by atoms with Gasteiger partial charge in [-0.15, -0.1) is 0 Å². The molecule has 0 saturated heterocycles. The van der Waals surface area contributed by atoms with Crippen molar-refractivity contribution >= 4 is 22.7 Å². The van der Waals surface area contributed by atoms with Gasteiger partial charge in [0.05, 0.1) is 0 Å². The van der Waals surface area contributed by atoms with E-state index >= 15 is 0 Å². The number of hydrogen-bond acceptors (Lipinski definition) is 3. The Kier molecular flexibility index (Phi) is 8.08. The molecular formula is C22H32O2S. The second-order valence-corrected chi connectivity index (χ2v) is 9.13. The summed E-state index contributed by atoms with van der Waals surface area (Å²) in [5.74, 6) is 1.65. The highest BCUT2D eigenvalue weighted by Crippen LogP contribution is 2.27. The van der Waals surface area contributed by atoms with Crippen LogP contribution in [-0.2, 0) is 6.42 Å². The zero-order chi connectivity index (χ0) is 18.2. The highest BCUT2D eigenvalue weighted by atomic mass is 32.2. The summed E-state index contributed by atoms with van der Waals surface area (Å²) in [6, 6.07) is 7.83. The van der Waals surface area contributed by atoms with Gasteiger partial charge >= 0.3 is 5.63 Å². The maximum Gasteiger partial charge on any atom is 0.336 e. The van der Waals surface area contributed by atoms with Crippen molar-refractivity contribution in [2.75, 3.05) is 5.75 Å². The second kappa shape index (κ2) is 10.1. The van der Waals surface area contributed by atoms with E-state index in [0.717, 1.165) is 28.2 Å². The van der Waals surface area contributed by atoms with Crippen molar-refractivity contribution in [1.82, 2.24) is 0 Å². The molecule has 0 spiro atoms. The molecule has 25 heavy (non-hydrogen) atoms. The fourth-order valence-electron chi connectivity index (χ4n) is 3.13. The van der Waals surface area contributed by atoms with Crippen LogP contribution in [0.2, 0.25) is 0 Å². The van der Waals surface area contributed by atoms with Crippen molar-refractivity contribution in [3.63, 3.8) is 0 Å². The van der Waals surface area contributed by atoms with E-state index in [1.807, 2.05) is 6.07 Å². The van der Waals surface area contributed by atoms with Crippen LogP contribution in [0.25, 0.3) is 11.0 Å². The summed E-state index contributed by atoms with van der Waals surface area (Å²) in [6.45, 7) is 8.84. The predicted molar refractivity (Wildman–Crippen MR) is 111 cm³/mol. The maximum absolute atomic E-state index is 11.5. The summed E-state index contributed by atoms with van der Waals surface area (Å²) < 4.78 is 5.45. The summed E-state index contributed by atoms with van der Waals surface area (Å²) in [4.78, 5) is 11.5. The van der Waals surface area contributed by atoms with Gasteiger partial charge in [0.2, 0.25) is 0 Å². The molecule has 0 aliphatic heterocycles. The standard InChI is InChI=1S/C22H32O2S/c1-16(2)20-15-18(14-19-11-12-21(23)24-22(19)20)10-8-6-5-7-9-13-25-17(3)4/h11-12,14-17H,5-10,13H2,1-4H3. The molecule has 0 aliphatic carbocycles. The van der Waals surface area contributed by atoms with Crippen molar-refractivity contribution in [3.05, 3.63) is 45.8 Å². The molecule has 0 atom stereocenters. The van der Waals surface area contributed by atoms with Crippen LogP contribution in [0.1, 0.15) is 76.8 Å². The largest absolute Gasteiger partial charge is 0.422 e. The first kappa shape index (κ1) is 20.1. The molecule has 2 aromatic rings. The molecule has 138 valence electrons. The molecule has 0 fully saturated rings. The lowest BCUT2D eigenvalue weighted by Crippen LogP contribution is -2.00. The van der Waals surface area contributed by atoms with Crippen molar-refractivity contribution < 1.29 is 4.42 Å². The second-order valence-electron chi connectivity index (χ2n) is 7.45. The molecule has 2 nitrogen and oxygen atoms in total. The van der Waals surface area contributed by atoms with Crippen LogP contribution in [0.3, 0.4) is 0 Å². The summed E-state index contributed by atoms with van der Waals surface area (Å²) in [6.07, 6.45) is 7.66. The SMILES string of the molecule is CC(C)SCCCCCCCc1cc(C(C)C)c2oc(=O)ccc2c1. The zero-order valence-electron chi connectivity index (χ0n) is 16.1. The average molecular weight is 361 g/mol. The highest BCUT2D eigenvalue weighted by molar-refractivity contribution is 7.99. The van der Waals surface area contributed by atoms with Crippen LogP contribution < -0.4 is 5.63 Å². The third kappa shape index (κ3) is 6.54. The lowest BCUT2D eigenvalue weighted by molar-refractivity contribution is 0.554. The van der Waals surface area contributed by atoms with E-state index in [1.165, 1.54) is 49.5 Å². The molecule has 0 aliphatic rings. The topological polar surface area (TPSA) is 30.2 Å². The van der Waals surface area contributed by atoms with E-state index in [-0.39, 0.29) is 5.63 Å². The lowest BCUT2D eigenvalue weighted by atomic mass is 9.95. The van der Waals surface area contributed by atoms with E-state index in [1.54, 1.807) is 0 Å². The molecule has 1 heterocycles. The minimum absolute atomic E-state index is 0.266. The van der Waals surface area contributed by atoms with Gasteiger partial charge in [-0.3, -0.25) is 0 Å². The first-order chi connectivity index (χ1) is 12.0. The summed E-state index contributed by atoms with van der Waals surface area (Å²) in [5.41, 5.74) is 3.00. The number of benzene rings is 1. The van der Waals surface area contributed by atoms with Gasteiger partial charge < -0.3 is 4.42 Å². The van der Waals surface area contributed by atoms with Gasteiger partial charge in [-0.05, 0) is 59.4 Å². The third-order valence-corrected chi connectivity index (χ3v) is 5.68. The quantitative estimate of drug-likeness (QED) is 0.355. The number of fused-ring (bicyclic) bond motifs is 1. The molecule has 0 bridgehead atoms. The van der Waals surface area contributed by atoms with Crippen LogP contribution in [0.5, 0.6) is 0 Å². The summed E-state index contributed by atoms with van der Waals surface area (Å²) in [7, 11) is 0. The molecule has 3 heteroatoms. The van der Waals surface area contributed by atoms with E-state index in [4.69, 9.17) is 4.42 Å². The third-order valence-electron chi connectivity index (χ3n) is 4.49. The maximum atomic E-state index is 11.5. The van der Waals surface area contributed by atoms with Crippen LogP contribution >= 0.6 is 11.8 Å². The summed E-state index contributed by atoms with van der Waals surface area (Å²) in [5, 5.41) is 1.80. The van der Waals surface area contributed by atoms with Crippen LogP contribution in [-0.4, -0.2) is 11.0 Å². The molecule has 0 amide bonds. The van der Waals surface area contributed by atoms with E-state index in [0.29, 0.717) is 5.92 Å². The van der Waals surface area contributed by atoms with Gasteiger partial charge in [-0.25, -0.2) is 4.79 Å². The fourth-order valence-corrected chi connectivity index (χ4v) is 3.97. The van der Waals surface area contributed by atoms with Crippen molar-refractivity contribution in [2.24, 2.45) is 0 Å². The van der Waals surface area contributed by atoms with Gasteiger partial charge in [-0.2, -0.15) is 11.8 Å². The Balaban J connectivity index is 1.87. The molecule has 2 rings (SSSR count). The van der Waals surface area contributed by atoms with Crippen molar-refractivity contribution in [1.29, 1.82) is 0 Å². The number of aryl methyl sites for hydroxylation is 1. The Morgan fingerprint density at radius 3 is 2.40 bits per heavy atom. The Bertz CT molecular complexity index is 716. The molecule has 0 N–H and O–H groups in total. The number of rotatable bonds is 10. The van der Waals surface area contributed by atoms with Crippen LogP contribution in [0.15, 0.2) is 33.5 Å². The Morgan fingerprint density at radius 2 is 1.68 bits per heavy atom. The number of unbranched alkanes of at least 4 members (excludes halogenated alkanes) is 4. The smallest absolute Gasteiger partial charge is 0.336 e. The fraction of sp³-hybridized carbons (Fsp3) is 0.591. The number of thioether (sulfide) groups is 1. The molecular weight excluding hydrogens is 328 g/mol.